The molecule has 1 aromatic rings. The molecule has 0 bridgehead atoms. The molecule has 1 heterocycles. The summed E-state index contributed by atoms with van der Waals surface area (Å²) in [5.74, 6) is -1.03. The Morgan fingerprint density at radius 3 is 2.35 bits per heavy atom. The normalized spacial score (nSPS) is 17.7. The molecule has 1 aliphatic carbocycles. The van der Waals surface area contributed by atoms with Crippen LogP contribution < -0.4 is 15.5 Å². The fourth-order valence-electron chi connectivity index (χ4n) is 2.90. The molecular weight excluding hydrogens is 290 g/mol. The number of benzene rings is 1. The van der Waals surface area contributed by atoms with Gasteiger partial charge in [0.05, 0.1) is 0 Å². The first kappa shape index (κ1) is 15.8. The first-order valence-corrected chi connectivity index (χ1v) is 8.65. The standard InChI is InChI=1S/C18H25N3O2/c22-17(18(23)20-15-6-7-15)19-11-10-14-4-8-16(9-5-14)21-12-2-1-3-13-21/h4-5,8-9,15H,1-3,6-7,10-13H2,(H,19,22)(H,20,23). The molecule has 2 fully saturated rings. The molecule has 3 rings (SSSR count). The van der Waals surface area contributed by atoms with Crippen molar-refractivity contribution in [2.24, 2.45) is 0 Å². The minimum absolute atomic E-state index is 0.218. The lowest BCUT2D eigenvalue weighted by Gasteiger charge is -2.28. The Balaban J connectivity index is 1.41. The lowest BCUT2D eigenvalue weighted by molar-refractivity contribution is -0.139. The van der Waals surface area contributed by atoms with E-state index in [0.29, 0.717) is 6.54 Å². The number of carbonyl (C=O) groups excluding carboxylic acids is 2. The molecule has 2 aliphatic rings. The van der Waals surface area contributed by atoms with Crippen LogP contribution in [0.15, 0.2) is 24.3 Å². The molecule has 5 heteroatoms. The van der Waals surface area contributed by atoms with Crippen molar-refractivity contribution in [3.63, 3.8) is 0 Å². The van der Waals surface area contributed by atoms with Gasteiger partial charge in [-0.1, -0.05) is 12.1 Å². The summed E-state index contributed by atoms with van der Waals surface area (Å²) in [6.07, 6.45) is 6.60. The van der Waals surface area contributed by atoms with E-state index >= 15 is 0 Å². The molecule has 23 heavy (non-hydrogen) atoms. The summed E-state index contributed by atoms with van der Waals surface area (Å²) in [5.41, 5.74) is 2.45. The van der Waals surface area contributed by atoms with E-state index in [4.69, 9.17) is 0 Å². The van der Waals surface area contributed by atoms with Crippen molar-refractivity contribution in [1.82, 2.24) is 10.6 Å². The van der Waals surface area contributed by atoms with Gasteiger partial charge in [0.15, 0.2) is 0 Å². The average Bonchev–Trinajstić information content (AvgIpc) is 3.40. The summed E-state index contributed by atoms with van der Waals surface area (Å²) in [5, 5.41) is 5.37. The summed E-state index contributed by atoms with van der Waals surface area (Å²) in [7, 11) is 0. The zero-order valence-electron chi connectivity index (χ0n) is 13.5. The van der Waals surface area contributed by atoms with Crippen molar-refractivity contribution in [3.8, 4) is 0 Å². The molecule has 0 atom stereocenters. The van der Waals surface area contributed by atoms with Crippen molar-refractivity contribution in [3.05, 3.63) is 29.8 Å². The number of nitrogens with zero attached hydrogens (tertiary/aromatic N) is 1. The third-order valence-electron chi connectivity index (χ3n) is 4.48. The largest absolute Gasteiger partial charge is 0.372 e. The predicted molar refractivity (Wildman–Crippen MR) is 90.4 cm³/mol. The Hall–Kier alpha value is -2.04. The number of amides is 2. The average molecular weight is 315 g/mol. The second-order valence-electron chi connectivity index (χ2n) is 6.47. The highest BCUT2D eigenvalue weighted by atomic mass is 16.2. The molecule has 2 N–H and O–H groups in total. The van der Waals surface area contributed by atoms with Crippen LogP contribution in [0.25, 0.3) is 0 Å². The van der Waals surface area contributed by atoms with Crippen LogP contribution in [-0.4, -0.2) is 37.5 Å². The van der Waals surface area contributed by atoms with Gasteiger partial charge < -0.3 is 15.5 Å². The Bertz CT molecular complexity index is 546. The van der Waals surface area contributed by atoms with Crippen LogP contribution >= 0.6 is 0 Å². The van der Waals surface area contributed by atoms with Gasteiger partial charge in [0.25, 0.3) is 0 Å². The van der Waals surface area contributed by atoms with Gasteiger partial charge in [-0.3, -0.25) is 9.59 Å². The SMILES string of the molecule is O=C(NCCc1ccc(N2CCCCC2)cc1)C(=O)NC1CC1. The van der Waals surface area contributed by atoms with Gasteiger partial charge >= 0.3 is 11.8 Å². The highest BCUT2D eigenvalue weighted by molar-refractivity contribution is 6.35. The third-order valence-corrected chi connectivity index (χ3v) is 4.48. The van der Waals surface area contributed by atoms with Crippen molar-refractivity contribution < 1.29 is 9.59 Å². The molecule has 0 spiro atoms. The van der Waals surface area contributed by atoms with E-state index in [2.05, 4.69) is 39.8 Å². The number of piperidine rings is 1. The summed E-state index contributed by atoms with van der Waals surface area (Å²) in [4.78, 5) is 25.6. The van der Waals surface area contributed by atoms with Gasteiger partial charge in [-0.05, 0) is 56.2 Å². The van der Waals surface area contributed by atoms with Crippen LogP contribution in [0.2, 0.25) is 0 Å². The maximum atomic E-state index is 11.6. The molecule has 1 aliphatic heterocycles. The van der Waals surface area contributed by atoms with Gasteiger partial charge in [-0.25, -0.2) is 0 Å². The minimum Gasteiger partial charge on any atom is -0.372 e. The van der Waals surface area contributed by atoms with Gasteiger partial charge in [0.2, 0.25) is 0 Å². The number of rotatable bonds is 5. The smallest absolute Gasteiger partial charge is 0.309 e. The molecule has 1 saturated carbocycles. The Labute approximate surface area is 137 Å². The number of nitrogens with one attached hydrogen (secondary N) is 2. The fourth-order valence-corrected chi connectivity index (χ4v) is 2.90. The third kappa shape index (κ3) is 4.71. The first-order chi connectivity index (χ1) is 11.2. The molecule has 1 aromatic carbocycles. The van der Waals surface area contributed by atoms with Crippen LogP contribution in [0.1, 0.15) is 37.7 Å². The van der Waals surface area contributed by atoms with E-state index in [9.17, 15) is 9.59 Å². The van der Waals surface area contributed by atoms with Crippen molar-refractivity contribution in [2.75, 3.05) is 24.5 Å². The lowest BCUT2D eigenvalue weighted by atomic mass is 10.1. The molecule has 124 valence electrons. The topological polar surface area (TPSA) is 61.4 Å². The maximum Gasteiger partial charge on any atom is 0.309 e. The first-order valence-electron chi connectivity index (χ1n) is 8.65. The fraction of sp³-hybridized carbons (Fsp3) is 0.556. The Morgan fingerprint density at radius 1 is 1.00 bits per heavy atom. The quantitative estimate of drug-likeness (QED) is 0.812. The zero-order valence-corrected chi connectivity index (χ0v) is 13.5. The van der Waals surface area contributed by atoms with Gasteiger partial charge in [-0.2, -0.15) is 0 Å². The van der Waals surface area contributed by atoms with Crippen LogP contribution in [0.4, 0.5) is 5.69 Å². The summed E-state index contributed by atoms with van der Waals surface area (Å²) in [6, 6.07) is 8.75. The van der Waals surface area contributed by atoms with Crippen molar-refractivity contribution >= 4 is 17.5 Å². The predicted octanol–water partition coefficient (Wildman–Crippen LogP) is 1.61. The van der Waals surface area contributed by atoms with Gasteiger partial charge in [0, 0.05) is 31.4 Å². The second kappa shape index (κ2) is 7.49. The van der Waals surface area contributed by atoms with E-state index in [0.717, 1.165) is 32.4 Å². The van der Waals surface area contributed by atoms with E-state index in [1.165, 1.54) is 30.5 Å². The molecule has 0 unspecified atom stereocenters. The summed E-state index contributed by atoms with van der Waals surface area (Å²) >= 11 is 0. The van der Waals surface area contributed by atoms with E-state index < -0.39 is 11.8 Å². The number of hydrogen-bond donors (Lipinski definition) is 2. The van der Waals surface area contributed by atoms with Crippen molar-refractivity contribution in [2.45, 2.75) is 44.6 Å². The van der Waals surface area contributed by atoms with Crippen molar-refractivity contribution in [1.29, 1.82) is 0 Å². The maximum absolute atomic E-state index is 11.6. The number of anilines is 1. The van der Waals surface area contributed by atoms with E-state index in [-0.39, 0.29) is 6.04 Å². The lowest BCUT2D eigenvalue weighted by Crippen LogP contribution is -2.41. The molecule has 2 amide bonds. The van der Waals surface area contributed by atoms with E-state index in [1.54, 1.807) is 0 Å². The van der Waals surface area contributed by atoms with Crippen LogP contribution in [0.5, 0.6) is 0 Å². The Kier molecular flexibility index (Phi) is 5.16. The highest BCUT2D eigenvalue weighted by Crippen LogP contribution is 2.20. The van der Waals surface area contributed by atoms with Gasteiger partial charge in [0.1, 0.15) is 0 Å². The molecule has 1 saturated heterocycles. The highest BCUT2D eigenvalue weighted by Gasteiger charge is 2.26. The molecule has 0 aromatic heterocycles. The molecule has 5 nitrogen and oxygen atoms in total. The molecule has 0 radical (unpaired) electrons. The number of carbonyl (C=O) groups is 2. The minimum atomic E-state index is -0.526. The Morgan fingerprint density at radius 2 is 1.70 bits per heavy atom. The van der Waals surface area contributed by atoms with E-state index in [1.807, 2.05) is 0 Å². The monoisotopic (exact) mass is 315 g/mol. The summed E-state index contributed by atoms with van der Waals surface area (Å²) < 4.78 is 0. The van der Waals surface area contributed by atoms with Crippen LogP contribution in [-0.2, 0) is 16.0 Å². The molecular formula is C18H25N3O2. The van der Waals surface area contributed by atoms with Crippen LogP contribution in [0.3, 0.4) is 0 Å². The van der Waals surface area contributed by atoms with Crippen LogP contribution in [0, 0.1) is 0 Å². The second-order valence-corrected chi connectivity index (χ2v) is 6.47. The summed E-state index contributed by atoms with van der Waals surface area (Å²) in [6.45, 7) is 2.77. The number of hydrogen-bond acceptors (Lipinski definition) is 3. The zero-order chi connectivity index (χ0) is 16.1. The van der Waals surface area contributed by atoms with Gasteiger partial charge in [-0.15, -0.1) is 0 Å².